The van der Waals surface area contributed by atoms with Gasteiger partial charge in [-0.1, -0.05) is 12.1 Å². The molecular formula is C14H15FN2O3S. The van der Waals surface area contributed by atoms with E-state index in [0.717, 1.165) is 12.1 Å². The van der Waals surface area contributed by atoms with Crippen LogP contribution in [0.4, 0.5) is 15.8 Å². The Hall–Kier alpha value is -2.28. The maximum Gasteiger partial charge on any atom is 0.264 e. The summed E-state index contributed by atoms with van der Waals surface area (Å²) in [7, 11) is -0.843. The molecule has 2 N–H and O–H groups in total. The number of sulfonamides is 1. The first-order chi connectivity index (χ1) is 9.97. The average molecular weight is 310 g/mol. The highest BCUT2D eigenvalue weighted by Gasteiger charge is 2.19. The lowest BCUT2D eigenvalue weighted by atomic mass is 10.3. The normalized spacial score (nSPS) is 11.0. The molecule has 0 aliphatic heterocycles. The average Bonchev–Trinajstić information content (AvgIpc) is 2.48. The Morgan fingerprint density at radius 3 is 2.48 bits per heavy atom. The number of ether oxygens (including phenoxy) is 1. The van der Waals surface area contributed by atoms with Crippen molar-refractivity contribution in [2.24, 2.45) is 0 Å². The molecule has 112 valence electrons. The summed E-state index contributed by atoms with van der Waals surface area (Å²) in [5.74, 6) is -0.397. The SMILES string of the molecule is CNc1ccccc1S(=O)(=O)Nc1ccc(F)cc1OC. The molecule has 0 spiro atoms. The van der Waals surface area contributed by atoms with Crippen LogP contribution in [-0.4, -0.2) is 22.6 Å². The van der Waals surface area contributed by atoms with Crippen LogP contribution in [0.1, 0.15) is 0 Å². The number of rotatable bonds is 5. The summed E-state index contributed by atoms with van der Waals surface area (Å²) in [6.45, 7) is 0. The van der Waals surface area contributed by atoms with Gasteiger partial charge in [0.05, 0.1) is 18.5 Å². The van der Waals surface area contributed by atoms with Crippen LogP contribution in [0.5, 0.6) is 5.75 Å². The number of hydrogen-bond donors (Lipinski definition) is 2. The number of benzene rings is 2. The fourth-order valence-electron chi connectivity index (χ4n) is 1.86. The Morgan fingerprint density at radius 1 is 1.10 bits per heavy atom. The van der Waals surface area contributed by atoms with E-state index < -0.39 is 15.8 Å². The van der Waals surface area contributed by atoms with Crippen LogP contribution in [-0.2, 0) is 10.0 Å². The minimum Gasteiger partial charge on any atom is -0.494 e. The quantitative estimate of drug-likeness (QED) is 0.891. The number of halogens is 1. The molecule has 5 nitrogen and oxygen atoms in total. The summed E-state index contributed by atoms with van der Waals surface area (Å²) >= 11 is 0. The Morgan fingerprint density at radius 2 is 1.81 bits per heavy atom. The standard InChI is InChI=1S/C14H15FN2O3S/c1-16-12-5-3-4-6-14(12)21(18,19)17-11-8-7-10(15)9-13(11)20-2/h3-9,16-17H,1-2H3. The lowest BCUT2D eigenvalue weighted by Crippen LogP contribution is -2.15. The van der Waals surface area contributed by atoms with Gasteiger partial charge >= 0.3 is 0 Å². The van der Waals surface area contributed by atoms with E-state index >= 15 is 0 Å². The van der Waals surface area contributed by atoms with Crippen molar-refractivity contribution in [2.75, 3.05) is 24.2 Å². The minimum atomic E-state index is -3.82. The second-order valence-corrected chi connectivity index (χ2v) is 5.85. The molecule has 0 aromatic heterocycles. The fraction of sp³-hybridized carbons (Fsp3) is 0.143. The summed E-state index contributed by atoms with van der Waals surface area (Å²) in [6, 6.07) is 10.1. The van der Waals surface area contributed by atoms with Crippen LogP contribution in [0.3, 0.4) is 0 Å². The van der Waals surface area contributed by atoms with Crippen LogP contribution >= 0.6 is 0 Å². The fourth-order valence-corrected chi connectivity index (χ4v) is 3.14. The number of hydrogen-bond acceptors (Lipinski definition) is 4. The third-order valence-corrected chi connectivity index (χ3v) is 4.28. The van der Waals surface area contributed by atoms with Gasteiger partial charge in [-0.3, -0.25) is 4.72 Å². The molecule has 21 heavy (non-hydrogen) atoms. The first-order valence-electron chi connectivity index (χ1n) is 6.11. The number of methoxy groups -OCH3 is 1. The third kappa shape index (κ3) is 3.25. The highest BCUT2D eigenvalue weighted by Crippen LogP contribution is 2.29. The first kappa shape index (κ1) is 15.1. The molecule has 0 heterocycles. The van der Waals surface area contributed by atoms with Crippen molar-refractivity contribution >= 4 is 21.4 Å². The molecule has 0 aliphatic rings. The summed E-state index contributed by atoms with van der Waals surface area (Å²) in [6.07, 6.45) is 0. The van der Waals surface area contributed by atoms with Crippen LogP contribution in [0.2, 0.25) is 0 Å². The van der Waals surface area contributed by atoms with E-state index in [2.05, 4.69) is 10.0 Å². The van der Waals surface area contributed by atoms with Crippen LogP contribution in [0.25, 0.3) is 0 Å². The molecular weight excluding hydrogens is 295 g/mol. The largest absolute Gasteiger partial charge is 0.494 e. The van der Waals surface area contributed by atoms with E-state index in [0.29, 0.717) is 5.69 Å². The highest BCUT2D eigenvalue weighted by molar-refractivity contribution is 7.92. The Kier molecular flexibility index (Phi) is 4.32. The molecule has 0 saturated carbocycles. The minimum absolute atomic E-state index is 0.0962. The maximum absolute atomic E-state index is 13.1. The smallest absolute Gasteiger partial charge is 0.264 e. The zero-order chi connectivity index (χ0) is 15.5. The second-order valence-electron chi connectivity index (χ2n) is 4.20. The number of para-hydroxylation sites is 1. The van der Waals surface area contributed by atoms with Gasteiger partial charge in [-0.25, -0.2) is 12.8 Å². The van der Waals surface area contributed by atoms with Crippen molar-refractivity contribution in [3.05, 3.63) is 48.3 Å². The van der Waals surface area contributed by atoms with E-state index in [-0.39, 0.29) is 16.3 Å². The van der Waals surface area contributed by atoms with Crippen molar-refractivity contribution in [2.45, 2.75) is 4.90 Å². The van der Waals surface area contributed by atoms with Gasteiger partial charge in [-0.05, 0) is 24.3 Å². The van der Waals surface area contributed by atoms with Crippen molar-refractivity contribution in [3.63, 3.8) is 0 Å². The molecule has 7 heteroatoms. The summed E-state index contributed by atoms with van der Waals surface area (Å²) in [5, 5.41) is 2.81. The zero-order valence-corrected chi connectivity index (χ0v) is 12.4. The topological polar surface area (TPSA) is 67.4 Å². The molecule has 2 rings (SSSR count). The lowest BCUT2D eigenvalue weighted by molar-refractivity contribution is 0.413. The van der Waals surface area contributed by atoms with E-state index in [1.807, 2.05) is 0 Å². The number of nitrogens with one attached hydrogen (secondary N) is 2. The molecule has 2 aromatic carbocycles. The maximum atomic E-state index is 13.1. The van der Waals surface area contributed by atoms with Crippen LogP contribution in [0.15, 0.2) is 47.4 Å². The monoisotopic (exact) mass is 310 g/mol. The lowest BCUT2D eigenvalue weighted by Gasteiger charge is -2.14. The van der Waals surface area contributed by atoms with Gasteiger partial charge in [0.1, 0.15) is 16.5 Å². The van der Waals surface area contributed by atoms with Gasteiger partial charge in [0.15, 0.2) is 0 Å². The second kappa shape index (κ2) is 6.01. The summed E-state index contributed by atoms with van der Waals surface area (Å²) in [4.78, 5) is 0.0962. The molecule has 0 unspecified atom stereocenters. The molecule has 2 aromatic rings. The summed E-state index contributed by atoms with van der Waals surface area (Å²) in [5.41, 5.74) is 0.635. The number of anilines is 2. The van der Waals surface area contributed by atoms with Crippen molar-refractivity contribution in [1.29, 1.82) is 0 Å². The Balaban J connectivity index is 2.42. The van der Waals surface area contributed by atoms with E-state index in [1.54, 1.807) is 25.2 Å². The van der Waals surface area contributed by atoms with Crippen molar-refractivity contribution < 1.29 is 17.5 Å². The predicted molar refractivity (Wildman–Crippen MR) is 79.7 cm³/mol. The van der Waals surface area contributed by atoms with Gasteiger partial charge < -0.3 is 10.1 Å². The zero-order valence-electron chi connectivity index (χ0n) is 11.6. The highest BCUT2D eigenvalue weighted by atomic mass is 32.2. The van der Waals surface area contributed by atoms with Crippen LogP contribution in [0, 0.1) is 5.82 Å². The van der Waals surface area contributed by atoms with Crippen LogP contribution < -0.4 is 14.8 Å². The molecule has 0 saturated heterocycles. The van der Waals surface area contributed by atoms with E-state index in [1.165, 1.54) is 19.2 Å². The van der Waals surface area contributed by atoms with Gasteiger partial charge in [0.25, 0.3) is 10.0 Å². The van der Waals surface area contributed by atoms with Gasteiger partial charge in [-0.15, -0.1) is 0 Å². The molecule has 0 amide bonds. The van der Waals surface area contributed by atoms with Gasteiger partial charge in [0, 0.05) is 13.1 Å². The van der Waals surface area contributed by atoms with Crippen molar-refractivity contribution in [1.82, 2.24) is 0 Å². The molecule has 0 fully saturated rings. The third-order valence-electron chi connectivity index (χ3n) is 2.85. The summed E-state index contributed by atoms with van der Waals surface area (Å²) < 4.78 is 45.4. The molecule has 0 atom stereocenters. The van der Waals surface area contributed by atoms with E-state index in [9.17, 15) is 12.8 Å². The van der Waals surface area contributed by atoms with E-state index in [4.69, 9.17) is 4.74 Å². The van der Waals surface area contributed by atoms with Gasteiger partial charge in [-0.2, -0.15) is 0 Å². The molecule has 0 aliphatic carbocycles. The Bertz CT molecular complexity index is 748. The van der Waals surface area contributed by atoms with Gasteiger partial charge in [0.2, 0.25) is 0 Å². The Labute approximate surface area is 122 Å². The predicted octanol–water partition coefficient (Wildman–Crippen LogP) is 2.68. The molecule has 0 bridgehead atoms. The molecule has 0 radical (unpaired) electrons. The first-order valence-corrected chi connectivity index (χ1v) is 7.59. The van der Waals surface area contributed by atoms with Crippen molar-refractivity contribution in [3.8, 4) is 5.75 Å².